The molecule has 1 aliphatic heterocycles. The zero-order valence-electron chi connectivity index (χ0n) is 10.3. The Hall–Kier alpha value is -0.860. The van der Waals surface area contributed by atoms with E-state index in [1.165, 1.54) is 22.8 Å². The molecular formula is C10H17N5OS2. The second-order valence-corrected chi connectivity index (χ2v) is 6.07. The predicted molar refractivity (Wildman–Crippen MR) is 75.6 cm³/mol. The summed E-state index contributed by atoms with van der Waals surface area (Å²) in [6, 6.07) is 0. The molecule has 0 aliphatic carbocycles. The molecule has 2 N–H and O–H groups in total. The molecule has 0 radical (unpaired) electrons. The highest BCUT2D eigenvalue weighted by atomic mass is 32.2. The minimum Gasteiger partial charge on any atom is -0.363 e. The number of hydrogen-bond acceptors (Lipinski definition) is 7. The highest BCUT2D eigenvalue weighted by Crippen LogP contribution is 2.13. The molecule has 100 valence electrons. The Bertz CT molecular complexity index is 391. The lowest BCUT2D eigenvalue weighted by molar-refractivity contribution is 0.0948. The third-order valence-electron chi connectivity index (χ3n) is 2.65. The highest BCUT2D eigenvalue weighted by Gasteiger charge is 2.13. The van der Waals surface area contributed by atoms with Gasteiger partial charge in [-0.15, -0.1) is 10.2 Å². The van der Waals surface area contributed by atoms with Crippen LogP contribution in [0.1, 0.15) is 9.80 Å². The maximum absolute atomic E-state index is 11.8. The van der Waals surface area contributed by atoms with E-state index in [1.54, 1.807) is 7.05 Å². The Morgan fingerprint density at radius 1 is 1.39 bits per heavy atom. The van der Waals surface area contributed by atoms with Gasteiger partial charge < -0.3 is 10.6 Å². The molecule has 6 nitrogen and oxygen atoms in total. The van der Waals surface area contributed by atoms with Gasteiger partial charge >= 0.3 is 0 Å². The van der Waals surface area contributed by atoms with Crippen molar-refractivity contribution in [2.75, 3.05) is 50.0 Å². The monoisotopic (exact) mass is 287 g/mol. The maximum Gasteiger partial charge on any atom is 0.282 e. The van der Waals surface area contributed by atoms with Crippen LogP contribution in [0.15, 0.2) is 0 Å². The summed E-state index contributed by atoms with van der Waals surface area (Å²) in [6.07, 6.45) is 0. The number of hydrogen-bond donors (Lipinski definition) is 2. The minimum atomic E-state index is -0.139. The minimum absolute atomic E-state index is 0.139. The van der Waals surface area contributed by atoms with Gasteiger partial charge in [-0.25, -0.2) is 0 Å². The van der Waals surface area contributed by atoms with E-state index in [2.05, 4.69) is 25.7 Å². The summed E-state index contributed by atoms with van der Waals surface area (Å²) >= 11 is 3.25. The van der Waals surface area contributed by atoms with Crippen molar-refractivity contribution in [1.82, 2.24) is 20.4 Å². The van der Waals surface area contributed by atoms with Crippen LogP contribution in [0.2, 0.25) is 0 Å². The third-order valence-corrected chi connectivity index (χ3v) is 4.53. The lowest BCUT2D eigenvalue weighted by Gasteiger charge is -2.25. The van der Waals surface area contributed by atoms with Crippen molar-refractivity contribution in [2.45, 2.75) is 0 Å². The number of carbonyl (C=O) groups is 1. The first-order chi connectivity index (χ1) is 8.79. The molecule has 0 spiro atoms. The number of nitrogens with zero attached hydrogens (tertiary/aromatic N) is 3. The lowest BCUT2D eigenvalue weighted by Crippen LogP contribution is -2.39. The average Bonchev–Trinajstić information content (AvgIpc) is 2.89. The molecule has 1 aromatic rings. The maximum atomic E-state index is 11.8. The Morgan fingerprint density at radius 2 is 2.17 bits per heavy atom. The van der Waals surface area contributed by atoms with Gasteiger partial charge in [0, 0.05) is 44.7 Å². The Kier molecular flexibility index (Phi) is 5.21. The van der Waals surface area contributed by atoms with Crippen LogP contribution >= 0.6 is 23.1 Å². The smallest absolute Gasteiger partial charge is 0.282 e. The average molecular weight is 287 g/mol. The summed E-state index contributed by atoms with van der Waals surface area (Å²) in [5.74, 6) is 2.24. The molecular weight excluding hydrogens is 270 g/mol. The van der Waals surface area contributed by atoms with Gasteiger partial charge in [0.15, 0.2) is 0 Å². The topological polar surface area (TPSA) is 70.1 Å². The summed E-state index contributed by atoms with van der Waals surface area (Å²) in [5.41, 5.74) is 0. The van der Waals surface area contributed by atoms with Crippen molar-refractivity contribution in [3.05, 3.63) is 5.01 Å². The van der Waals surface area contributed by atoms with Crippen LogP contribution in [0, 0.1) is 0 Å². The molecule has 1 amide bonds. The molecule has 0 bridgehead atoms. The number of rotatable bonds is 5. The van der Waals surface area contributed by atoms with Crippen molar-refractivity contribution in [3.63, 3.8) is 0 Å². The number of thioether (sulfide) groups is 1. The van der Waals surface area contributed by atoms with Crippen molar-refractivity contribution < 1.29 is 4.79 Å². The van der Waals surface area contributed by atoms with E-state index in [-0.39, 0.29) is 5.91 Å². The fourth-order valence-electron chi connectivity index (χ4n) is 1.64. The molecule has 1 fully saturated rings. The second kappa shape index (κ2) is 6.91. The summed E-state index contributed by atoms with van der Waals surface area (Å²) in [7, 11) is 1.76. The number of aromatic nitrogens is 2. The summed E-state index contributed by atoms with van der Waals surface area (Å²) in [5, 5.41) is 14.5. The van der Waals surface area contributed by atoms with Gasteiger partial charge in [0.25, 0.3) is 5.91 Å². The van der Waals surface area contributed by atoms with Crippen molar-refractivity contribution in [3.8, 4) is 0 Å². The van der Waals surface area contributed by atoms with E-state index in [1.807, 2.05) is 11.8 Å². The van der Waals surface area contributed by atoms with Gasteiger partial charge in [-0.1, -0.05) is 11.3 Å². The molecule has 2 rings (SSSR count). The van der Waals surface area contributed by atoms with Gasteiger partial charge in [-0.3, -0.25) is 9.69 Å². The molecule has 2 heterocycles. The van der Waals surface area contributed by atoms with Gasteiger partial charge in [-0.05, 0) is 0 Å². The zero-order chi connectivity index (χ0) is 12.8. The number of anilines is 1. The van der Waals surface area contributed by atoms with Crippen LogP contribution in [0.25, 0.3) is 0 Å². The molecule has 0 unspecified atom stereocenters. The molecule has 8 heteroatoms. The first-order valence-electron chi connectivity index (χ1n) is 5.89. The molecule has 1 aromatic heterocycles. The highest BCUT2D eigenvalue weighted by molar-refractivity contribution is 7.99. The summed E-state index contributed by atoms with van der Waals surface area (Å²) in [4.78, 5) is 14.1. The van der Waals surface area contributed by atoms with E-state index in [4.69, 9.17) is 0 Å². The van der Waals surface area contributed by atoms with Gasteiger partial charge in [0.2, 0.25) is 10.1 Å². The molecule has 1 aliphatic rings. The zero-order valence-corrected chi connectivity index (χ0v) is 11.9. The van der Waals surface area contributed by atoms with Crippen molar-refractivity contribution >= 4 is 34.1 Å². The summed E-state index contributed by atoms with van der Waals surface area (Å²) < 4.78 is 0. The lowest BCUT2D eigenvalue weighted by atomic mass is 10.4. The van der Waals surface area contributed by atoms with E-state index < -0.39 is 0 Å². The van der Waals surface area contributed by atoms with Crippen molar-refractivity contribution in [2.24, 2.45) is 0 Å². The molecule has 0 saturated carbocycles. The van der Waals surface area contributed by atoms with Crippen LogP contribution < -0.4 is 10.6 Å². The standard InChI is InChI=1S/C10H17N5OS2/c1-11-10-14-13-9(18-10)8(16)12-2-3-15-4-6-17-7-5-15/h2-7H2,1H3,(H,11,14)(H,12,16). The van der Waals surface area contributed by atoms with E-state index in [0.29, 0.717) is 16.7 Å². The van der Waals surface area contributed by atoms with Gasteiger partial charge in [-0.2, -0.15) is 11.8 Å². The molecule has 1 saturated heterocycles. The first-order valence-corrected chi connectivity index (χ1v) is 7.86. The van der Waals surface area contributed by atoms with E-state index in [9.17, 15) is 4.79 Å². The predicted octanol–water partition coefficient (Wildman–Crippen LogP) is 0.358. The number of nitrogens with one attached hydrogen (secondary N) is 2. The normalized spacial score (nSPS) is 16.5. The number of amides is 1. The molecule has 0 atom stereocenters. The summed E-state index contributed by atoms with van der Waals surface area (Å²) in [6.45, 7) is 3.80. The third kappa shape index (κ3) is 3.82. The Morgan fingerprint density at radius 3 is 2.83 bits per heavy atom. The van der Waals surface area contributed by atoms with Gasteiger partial charge in [0.05, 0.1) is 0 Å². The Labute approximate surface area is 115 Å². The van der Waals surface area contributed by atoms with E-state index >= 15 is 0 Å². The SMILES string of the molecule is CNc1nnc(C(=O)NCCN2CCSCC2)s1. The second-order valence-electron chi connectivity index (χ2n) is 3.87. The van der Waals surface area contributed by atoms with Crippen LogP contribution in [0.4, 0.5) is 5.13 Å². The molecule has 0 aromatic carbocycles. The van der Waals surface area contributed by atoms with Crippen LogP contribution in [0.5, 0.6) is 0 Å². The van der Waals surface area contributed by atoms with Crippen LogP contribution in [-0.2, 0) is 0 Å². The van der Waals surface area contributed by atoms with Crippen molar-refractivity contribution in [1.29, 1.82) is 0 Å². The Balaban J connectivity index is 1.70. The van der Waals surface area contributed by atoms with Crippen LogP contribution in [-0.4, -0.2) is 65.7 Å². The van der Waals surface area contributed by atoms with E-state index in [0.717, 1.165) is 19.6 Å². The largest absolute Gasteiger partial charge is 0.363 e. The molecule has 18 heavy (non-hydrogen) atoms. The van der Waals surface area contributed by atoms with Crippen LogP contribution in [0.3, 0.4) is 0 Å². The fraction of sp³-hybridized carbons (Fsp3) is 0.700. The van der Waals surface area contributed by atoms with Gasteiger partial charge in [0.1, 0.15) is 0 Å². The number of carbonyl (C=O) groups excluding carboxylic acids is 1. The fourth-order valence-corrected chi connectivity index (χ4v) is 3.24. The quantitative estimate of drug-likeness (QED) is 0.815. The first kappa shape index (κ1) is 13.6.